The predicted molar refractivity (Wildman–Crippen MR) is 66.4 cm³/mol. The highest BCUT2D eigenvalue weighted by molar-refractivity contribution is 5.77. The molecule has 0 aromatic carbocycles. The largest absolute Gasteiger partial charge is 0.479 e. The molecular weight excluding hydrogens is 248 g/mol. The van der Waals surface area contributed by atoms with Gasteiger partial charge in [-0.2, -0.15) is 0 Å². The van der Waals surface area contributed by atoms with Crippen molar-refractivity contribution in [1.29, 1.82) is 0 Å². The number of nitrogens with zero attached hydrogens (tertiary/aromatic N) is 4. The van der Waals surface area contributed by atoms with Gasteiger partial charge in [-0.3, -0.25) is 0 Å². The van der Waals surface area contributed by atoms with Crippen LogP contribution >= 0.6 is 0 Å². The van der Waals surface area contributed by atoms with Gasteiger partial charge in [-0.1, -0.05) is 13.8 Å². The minimum Gasteiger partial charge on any atom is -0.479 e. The molecule has 1 N–H and O–H groups in total. The maximum absolute atomic E-state index is 11.6. The van der Waals surface area contributed by atoms with Crippen molar-refractivity contribution >= 4 is 5.97 Å². The Kier molecular flexibility index (Phi) is 3.37. The van der Waals surface area contributed by atoms with Crippen molar-refractivity contribution in [2.45, 2.75) is 39.2 Å². The summed E-state index contributed by atoms with van der Waals surface area (Å²) in [6.07, 6.45) is 0.771. The first-order valence-corrected chi connectivity index (χ1v) is 6.14. The van der Waals surface area contributed by atoms with E-state index in [2.05, 4.69) is 15.5 Å². The van der Waals surface area contributed by atoms with Gasteiger partial charge in [-0.15, -0.1) is 5.10 Å². The molecule has 0 spiro atoms. The first kappa shape index (κ1) is 13.3. The number of aliphatic carboxylic acids is 1. The Balaban J connectivity index is 2.57. The van der Waals surface area contributed by atoms with Gasteiger partial charge >= 0.3 is 5.97 Å². The number of tetrazole rings is 1. The van der Waals surface area contributed by atoms with Gasteiger partial charge in [0.2, 0.25) is 5.82 Å². The van der Waals surface area contributed by atoms with E-state index < -0.39 is 11.5 Å². The fourth-order valence-electron chi connectivity index (χ4n) is 2.13. The van der Waals surface area contributed by atoms with Crippen LogP contribution in [0.15, 0.2) is 16.5 Å². The Hall–Kier alpha value is -2.18. The maximum atomic E-state index is 11.6. The highest BCUT2D eigenvalue weighted by atomic mass is 16.4. The molecule has 19 heavy (non-hydrogen) atoms. The third kappa shape index (κ3) is 2.00. The molecule has 0 aliphatic heterocycles. The van der Waals surface area contributed by atoms with Crippen LogP contribution in [0.3, 0.4) is 0 Å². The van der Waals surface area contributed by atoms with Crippen molar-refractivity contribution in [3.05, 3.63) is 17.9 Å². The molecule has 2 aromatic rings. The lowest BCUT2D eigenvalue weighted by molar-refractivity contribution is -0.148. The zero-order valence-corrected chi connectivity index (χ0v) is 11.1. The zero-order valence-electron chi connectivity index (χ0n) is 11.1. The first-order valence-electron chi connectivity index (χ1n) is 6.14. The van der Waals surface area contributed by atoms with E-state index in [9.17, 15) is 9.90 Å². The summed E-state index contributed by atoms with van der Waals surface area (Å²) in [6.45, 7) is 5.41. The van der Waals surface area contributed by atoms with Crippen molar-refractivity contribution in [3.63, 3.8) is 0 Å². The Labute approximate surface area is 110 Å². The summed E-state index contributed by atoms with van der Waals surface area (Å²) in [7, 11) is 0. The topological polar surface area (TPSA) is 94.0 Å². The predicted octanol–water partition coefficient (Wildman–Crippen LogP) is 1.84. The summed E-state index contributed by atoms with van der Waals surface area (Å²) in [5, 5.41) is 20.9. The second kappa shape index (κ2) is 4.83. The van der Waals surface area contributed by atoms with Crippen LogP contribution in [0.25, 0.3) is 11.6 Å². The molecule has 102 valence electrons. The summed E-state index contributed by atoms with van der Waals surface area (Å²) in [5.74, 6) is 0.571. The molecule has 2 rings (SSSR count). The third-order valence-electron chi connectivity index (χ3n) is 3.40. The molecule has 0 aliphatic carbocycles. The van der Waals surface area contributed by atoms with Crippen molar-refractivity contribution in [3.8, 4) is 11.6 Å². The van der Waals surface area contributed by atoms with Crippen molar-refractivity contribution < 1.29 is 14.3 Å². The van der Waals surface area contributed by atoms with Crippen LogP contribution < -0.4 is 0 Å². The number of aryl methyl sites for hydroxylation is 1. The van der Waals surface area contributed by atoms with Crippen LogP contribution in [0.5, 0.6) is 0 Å². The van der Waals surface area contributed by atoms with Crippen molar-refractivity contribution in [2.75, 3.05) is 0 Å². The Morgan fingerprint density at radius 3 is 2.58 bits per heavy atom. The summed E-state index contributed by atoms with van der Waals surface area (Å²) >= 11 is 0. The molecule has 0 unspecified atom stereocenters. The second-order valence-electron chi connectivity index (χ2n) is 4.37. The SMILES string of the molecule is CCC(CC)(C(=O)O)n1nnnc1-c1ccc(C)o1. The Morgan fingerprint density at radius 2 is 2.11 bits per heavy atom. The quantitative estimate of drug-likeness (QED) is 0.885. The van der Waals surface area contributed by atoms with Crippen LogP contribution in [0.1, 0.15) is 32.4 Å². The number of rotatable bonds is 5. The highest BCUT2D eigenvalue weighted by Crippen LogP contribution is 2.30. The third-order valence-corrected chi connectivity index (χ3v) is 3.40. The standard InChI is InChI=1S/C12H16N4O3/c1-4-12(5-2,11(17)18)16-10(13-14-15-16)9-7-6-8(3)19-9/h6-7H,4-5H2,1-3H3,(H,17,18). The van der Waals surface area contributed by atoms with Gasteiger partial charge in [-0.05, 0) is 42.3 Å². The van der Waals surface area contributed by atoms with Gasteiger partial charge in [0.05, 0.1) is 0 Å². The molecule has 0 radical (unpaired) electrons. The highest BCUT2D eigenvalue weighted by Gasteiger charge is 2.41. The summed E-state index contributed by atoms with van der Waals surface area (Å²) in [4.78, 5) is 11.6. The minimum absolute atomic E-state index is 0.333. The Morgan fingerprint density at radius 1 is 1.42 bits per heavy atom. The van der Waals surface area contributed by atoms with Gasteiger partial charge < -0.3 is 9.52 Å². The summed E-state index contributed by atoms with van der Waals surface area (Å²) < 4.78 is 6.82. The second-order valence-corrected chi connectivity index (χ2v) is 4.37. The van der Waals surface area contributed by atoms with Gasteiger partial charge in [-0.25, -0.2) is 9.48 Å². The lowest BCUT2D eigenvalue weighted by Gasteiger charge is -2.26. The molecule has 0 atom stereocenters. The van der Waals surface area contributed by atoms with E-state index >= 15 is 0 Å². The van der Waals surface area contributed by atoms with Crippen molar-refractivity contribution in [1.82, 2.24) is 20.2 Å². The molecule has 0 saturated heterocycles. The van der Waals surface area contributed by atoms with Gasteiger partial charge in [0.25, 0.3) is 0 Å². The smallest absolute Gasteiger partial charge is 0.331 e. The number of aromatic nitrogens is 4. The lowest BCUT2D eigenvalue weighted by atomic mass is 9.93. The summed E-state index contributed by atoms with van der Waals surface area (Å²) in [5.41, 5.74) is -1.15. The first-order chi connectivity index (χ1) is 9.05. The average molecular weight is 264 g/mol. The number of hydrogen-bond donors (Lipinski definition) is 1. The van der Waals surface area contributed by atoms with Gasteiger partial charge in [0.15, 0.2) is 11.3 Å². The van der Waals surface area contributed by atoms with Crippen LogP contribution in [0.2, 0.25) is 0 Å². The number of carboxylic acid groups (broad SMARTS) is 1. The van der Waals surface area contributed by atoms with E-state index in [0.717, 1.165) is 5.76 Å². The molecule has 0 bridgehead atoms. The zero-order chi connectivity index (χ0) is 14.0. The van der Waals surface area contributed by atoms with E-state index in [-0.39, 0.29) is 0 Å². The van der Waals surface area contributed by atoms with E-state index in [0.29, 0.717) is 24.4 Å². The molecule has 7 heteroatoms. The molecule has 2 heterocycles. The van der Waals surface area contributed by atoms with Crippen LogP contribution in [-0.4, -0.2) is 31.3 Å². The molecule has 0 aliphatic rings. The average Bonchev–Trinajstić information content (AvgIpc) is 3.00. The number of hydrogen-bond acceptors (Lipinski definition) is 5. The van der Waals surface area contributed by atoms with Gasteiger partial charge in [0, 0.05) is 0 Å². The minimum atomic E-state index is -1.15. The molecule has 0 amide bonds. The molecule has 0 fully saturated rings. The van der Waals surface area contributed by atoms with Crippen LogP contribution in [0, 0.1) is 6.92 Å². The molecule has 7 nitrogen and oxygen atoms in total. The monoisotopic (exact) mass is 264 g/mol. The number of carboxylic acids is 1. The van der Waals surface area contributed by atoms with Gasteiger partial charge in [0.1, 0.15) is 5.76 Å². The molecule has 2 aromatic heterocycles. The Bertz CT molecular complexity index is 583. The molecular formula is C12H16N4O3. The number of furan rings is 1. The normalized spacial score (nSPS) is 11.7. The van der Waals surface area contributed by atoms with Crippen molar-refractivity contribution in [2.24, 2.45) is 0 Å². The van der Waals surface area contributed by atoms with E-state index in [1.165, 1.54) is 4.68 Å². The fraction of sp³-hybridized carbons (Fsp3) is 0.500. The summed E-state index contributed by atoms with van der Waals surface area (Å²) in [6, 6.07) is 3.52. The van der Waals surface area contributed by atoms with Crippen LogP contribution in [0.4, 0.5) is 0 Å². The van der Waals surface area contributed by atoms with Crippen LogP contribution in [-0.2, 0) is 10.3 Å². The molecule has 0 saturated carbocycles. The fourth-order valence-corrected chi connectivity index (χ4v) is 2.13. The van der Waals surface area contributed by atoms with E-state index in [1.807, 2.05) is 6.92 Å². The maximum Gasteiger partial charge on any atom is 0.331 e. The van der Waals surface area contributed by atoms with E-state index in [1.54, 1.807) is 26.0 Å². The number of carbonyl (C=O) groups is 1. The van der Waals surface area contributed by atoms with E-state index in [4.69, 9.17) is 4.42 Å². The lowest BCUT2D eigenvalue weighted by Crippen LogP contribution is -2.42.